The molecule has 126 valence electrons. The molecule has 8 heteroatoms. The first kappa shape index (κ1) is 16.4. The predicted molar refractivity (Wildman–Crippen MR) is 87.3 cm³/mol. The standard InChI is InChI=1S/C16H16N2O5S/c1-9-8-24-15-12(14(20)18(15)13(9)16(21)22)17-11(19)7-23-10-5-3-2-4-6-10/h2-6,12,15H,7-8H2,1H3,(H,17,19)(H,21,22)/t12?,15-/m1/s1. The molecule has 1 unspecified atom stereocenters. The Balaban J connectivity index is 1.59. The quantitative estimate of drug-likeness (QED) is 0.765. The third-order valence-corrected chi connectivity index (χ3v) is 5.22. The van der Waals surface area contributed by atoms with Crippen LogP contribution in [0.25, 0.3) is 0 Å². The number of carboxylic acids is 1. The molecule has 24 heavy (non-hydrogen) atoms. The van der Waals surface area contributed by atoms with E-state index in [1.807, 2.05) is 6.07 Å². The van der Waals surface area contributed by atoms with Crippen LogP contribution in [0, 0.1) is 0 Å². The summed E-state index contributed by atoms with van der Waals surface area (Å²) in [4.78, 5) is 36.8. The number of rotatable bonds is 5. The number of ether oxygens (including phenoxy) is 1. The van der Waals surface area contributed by atoms with Crippen LogP contribution in [0.4, 0.5) is 0 Å². The van der Waals surface area contributed by atoms with Crippen molar-refractivity contribution in [3.05, 3.63) is 41.6 Å². The van der Waals surface area contributed by atoms with Crippen LogP contribution in [0.5, 0.6) is 5.75 Å². The third-order valence-electron chi connectivity index (χ3n) is 3.79. The van der Waals surface area contributed by atoms with Crippen LogP contribution in [0.1, 0.15) is 6.92 Å². The van der Waals surface area contributed by atoms with Gasteiger partial charge in [-0.3, -0.25) is 14.5 Å². The molecule has 0 spiro atoms. The molecule has 0 bridgehead atoms. The van der Waals surface area contributed by atoms with Crippen molar-refractivity contribution < 1.29 is 24.2 Å². The number of nitrogens with zero attached hydrogens (tertiary/aromatic N) is 1. The van der Waals surface area contributed by atoms with Gasteiger partial charge < -0.3 is 15.2 Å². The van der Waals surface area contributed by atoms with Gasteiger partial charge in [0.25, 0.3) is 11.8 Å². The lowest BCUT2D eigenvalue weighted by Crippen LogP contribution is -2.70. The molecule has 0 radical (unpaired) electrons. The lowest BCUT2D eigenvalue weighted by atomic mass is 10.0. The minimum Gasteiger partial charge on any atom is -0.484 e. The van der Waals surface area contributed by atoms with E-state index in [-0.39, 0.29) is 17.7 Å². The number of nitrogens with one attached hydrogen (secondary N) is 1. The van der Waals surface area contributed by atoms with Gasteiger partial charge in [-0.25, -0.2) is 4.79 Å². The zero-order valence-corrected chi connectivity index (χ0v) is 13.7. The number of para-hydroxylation sites is 1. The first-order valence-electron chi connectivity index (χ1n) is 7.34. The molecule has 3 rings (SSSR count). The van der Waals surface area contributed by atoms with Crippen molar-refractivity contribution in [1.29, 1.82) is 0 Å². The maximum absolute atomic E-state index is 12.2. The smallest absolute Gasteiger partial charge is 0.352 e. The first-order valence-corrected chi connectivity index (χ1v) is 8.39. The molecule has 2 atom stereocenters. The summed E-state index contributed by atoms with van der Waals surface area (Å²) in [6, 6.07) is 8.16. The van der Waals surface area contributed by atoms with Crippen molar-refractivity contribution in [3.8, 4) is 5.75 Å². The molecule has 2 heterocycles. The molecule has 0 aliphatic carbocycles. The van der Waals surface area contributed by atoms with Gasteiger partial charge in [0, 0.05) is 5.75 Å². The van der Waals surface area contributed by atoms with Crippen molar-refractivity contribution in [3.63, 3.8) is 0 Å². The number of hydrogen-bond acceptors (Lipinski definition) is 5. The largest absolute Gasteiger partial charge is 0.484 e. The second-order valence-electron chi connectivity index (χ2n) is 5.49. The summed E-state index contributed by atoms with van der Waals surface area (Å²) in [5, 5.41) is 11.5. The summed E-state index contributed by atoms with van der Waals surface area (Å²) in [5.41, 5.74) is 0.670. The summed E-state index contributed by atoms with van der Waals surface area (Å²) < 4.78 is 5.34. The number of aliphatic carboxylic acids is 1. The summed E-state index contributed by atoms with van der Waals surface area (Å²) >= 11 is 1.44. The summed E-state index contributed by atoms with van der Waals surface area (Å²) in [5.74, 6) is -0.864. The monoisotopic (exact) mass is 348 g/mol. The highest BCUT2D eigenvalue weighted by molar-refractivity contribution is 8.00. The Morgan fingerprint density at radius 2 is 2.08 bits per heavy atom. The molecule has 2 aliphatic heterocycles. The highest BCUT2D eigenvalue weighted by Crippen LogP contribution is 2.40. The Hall–Kier alpha value is -2.48. The Morgan fingerprint density at radius 1 is 1.38 bits per heavy atom. The van der Waals surface area contributed by atoms with Crippen molar-refractivity contribution >= 4 is 29.5 Å². The topological polar surface area (TPSA) is 95.9 Å². The summed E-state index contributed by atoms with van der Waals surface area (Å²) in [6.07, 6.45) is 0. The number of benzene rings is 1. The SMILES string of the molecule is CC1=C(C(=O)O)N2C(=O)C(NC(=O)COc3ccccc3)[C@H]2SC1. The average Bonchev–Trinajstić information content (AvgIpc) is 2.58. The minimum atomic E-state index is -1.12. The fourth-order valence-electron chi connectivity index (χ4n) is 2.66. The minimum absolute atomic E-state index is 0.0229. The van der Waals surface area contributed by atoms with Gasteiger partial charge in [0.1, 0.15) is 22.9 Å². The van der Waals surface area contributed by atoms with E-state index in [0.29, 0.717) is 17.1 Å². The molecule has 0 saturated carbocycles. The number of carbonyl (C=O) groups excluding carboxylic acids is 2. The number of hydrogen-bond donors (Lipinski definition) is 2. The van der Waals surface area contributed by atoms with Crippen LogP contribution in [0.3, 0.4) is 0 Å². The lowest BCUT2D eigenvalue weighted by molar-refractivity contribution is -0.150. The van der Waals surface area contributed by atoms with E-state index in [1.165, 1.54) is 16.7 Å². The maximum Gasteiger partial charge on any atom is 0.352 e. The van der Waals surface area contributed by atoms with Gasteiger partial charge in [-0.15, -0.1) is 11.8 Å². The molecule has 1 aromatic rings. The Labute approximate surface area is 142 Å². The zero-order chi connectivity index (χ0) is 17.3. The number of β-lactam (4-membered cyclic amide) rings is 1. The summed E-state index contributed by atoms with van der Waals surface area (Å²) in [7, 11) is 0. The highest BCUT2D eigenvalue weighted by Gasteiger charge is 2.53. The molecular formula is C16H16N2O5S. The van der Waals surface area contributed by atoms with Crippen LogP contribution in [-0.2, 0) is 14.4 Å². The van der Waals surface area contributed by atoms with Gasteiger partial charge in [0.15, 0.2) is 6.61 Å². The predicted octanol–water partition coefficient (Wildman–Crippen LogP) is 0.824. The highest BCUT2D eigenvalue weighted by atomic mass is 32.2. The van der Waals surface area contributed by atoms with E-state index in [0.717, 1.165) is 0 Å². The van der Waals surface area contributed by atoms with Gasteiger partial charge in [-0.1, -0.05) is 18.2 Å². The normalized spacial score (nSPS) is 22.5. The average molecular weight is 348 g/mol. The van der Waals surface area contributed by atoms with E-state index < -0.39 is 23.8 Å². The van der Waals surface area contributed by atoms with E-state index in [9.17, 15) is 19.5 Å². The molecule has 2 aliphatic rings. The lowest BCUT2D eigenvalue weighted by Gasteiger charge is -2.49. The molecule has 1 fully saturated rings. The van der Waals surface area contributed by atoms with Gasteiger partial charge in [-0.05, 0) is 24.6 Å². The van der Waals surface area contributed by atoms with Crippen molar-refractivity contribution in [2.45, 2.75) is 18.3 Å². The number of thioether (sulfide) groups is 1. The molecular weight excluding hydrogens is 332 g/mol. The molecule has 0 aromatic heterocycles. The van der Waals surface area contributed by atoms with E-state index in [1.54, 1.807) is 31.2 Å². The molecule has 7 nitrogen and oxygen atoms in total. The Bertz CT molecular complexity index is 718. The van der Waals surface area contributed by atoms with Crippen LogP contribution >= 0.6 is 11.8 Å². The molecule has 1 aromatic carbocycles. The van der Waals surface area contributed by atoms with E-state index in [2.05, 4.69) is 5.32 Å². The maximum atomic E-state index is 12.2. The van der Waals surface area contributed by atoms with E-state index >= 15 is 0 Å². The fraction of sp³-hybridized carbons (Fsp3) is 0.312. The van der Waals surface area contributed by atoms with Gasteiger partial charge in [-0.2, -0.15) is 0 Å². The van der Waals surface area contributed by atoms with Gasteiger partial charge in [0.05, 0.1) is 0 Å². The van der Waals surface area contributed by atoms with Gasteiger partial charge in [0.2, 0.25) is 0 Å². The zero-order valence-electron chi connectivity index (χ0n) is 12.9. The molecule has 2 amide bonds. The number of carbonyl (C=O) groups is 3. The molecule has 1 saturated heterocycles. The Kier molecular flexibility index (Phi) is 4.48. The Morgan fingerprint density at radius 3 is 2.75 bits per heavy atom. The van der Waals surface area contributed by atoms with Crippen LogP contribution in [0.15, 0.2) is 41.6 Å². The fourth-order valence-corrected chi connectivity index (χ4v) is 3.95. The van der Waals surface area contributed by atoms with E-state index in [4.69, 9.17) is 4.74 Å². The van der Waals surface area contributed by atoms with Crippen molar-refractivity contribution in [2.75, 3.05) is 12.4 Å². The first-order chi connectivity index (χ1) is 11.5. The second kappa shape index (κ2) is 6.56. The summed E-state index contributed by atoms with van der Waals surface area (Å²) in [6.45, 7) is 1.49. The number of amides is 2. The number of fused-ring (bicyclic) bond motifs is 1. The van der Waals surface area contributed by atoms with Crippen LogP contribution < -0.4 is 10.1 Å². The third kappa shape index (κ3) is 2.96. The van der Waals surface area contributed by atoms with Crippen LogP contribution in [-0.4, -0.2) is 51.6 Å². The van der Waals surface area contributed by atoms with Crippen molar-refractivity contribution in [1.82, 2.24) is 10.2 Å². The van der Waals surface area contributed by atoms with Gasteiger partial charge >= 0.3 is 5.97 Å². The number of carboxylic acid groups (broad SMARTS) is 1. The van der Waals surface area contributed by atoms with Crippen LogP contribution in [0.2, 0.25) is 0 Å². The second-order valence-corrected chi connectivity index (χ2v) is 6.60. The molecule has 2 N–H and O–H groups in total. The van der Waals surface area contributed by atoms with Crippen molar-refractivity contribution in [2.24, 2.45) is 0 Å².